The molecule has 1 atom stereocenters. The summed E-state index contributed by atoms with van der Waals surface area (Å²) in [5, 5.41) is 0. The number of hydrogen-bond donors (Lipinski definition) is 0. The van der Waals surface area contributed by atoms with Crippen LogP contribution in [0.1, 0.15) is 53.9 Å². The maximum absolute atomic E-state index is 12.1. The molecule has 0 aromatic heterocycles. The molecule has 90 valence electrons. The van der Waals surface area contributed by atoms with Gasteiger partial charge in [0.1, 0.15) is 5.78 Å². The molecule has 0 aliphatic heterocycles. The van der Waals surface area contributed by atoms with Crippen molar-refractivity contribution in [3.05, 3.63) is 23.3 Å². The van der Waals surface area contributed by atoms with Crippen molar-refractivity contribution in [3.8, 4) is 0 Å². The standard InChI is InChI=1S/C15H24O/c1-11-8-6-7-9-13(11)10-12(2)14(16)15(3,4)5/h8-9,12H,6-7,10H2,1-5H3/t12-/m0/s1. The van der Waals surface area contributed by atoms with E-state index in [0.29, 0.717) is 5.78 Å². The minimum Gasteiger partial charge on any atom is -0.299 e. The van der Waals surface area contributed by atoms with E-state index in [9.17, 15) is 4.79 Å². The fraction of sp³-hybridized carbons (Fsp3) is 0.667. The van der Waals surface area contributed by atoms with E-state index in [2.05, 4.69) is 26.0 Å². The number of hydrogen-bond acceptors (Lipinski definition) is 1. The molecule has 0 fully saturated rings. The summed E-state index contributed by atoms with van der Waals surface area (Å²) in [7, 11) is 0. The molecule has 1 nitrogen and oxygen atoms in total. The van der Waals surface area contributed by atoms with Crippen LogP contribution in [0.2, 0.25) is 0 Å². The van der Waals surface area contributed by atoms with E-state index in [-0.39, 0.29) is 11.3 Å². The third-order valence-corrected chi connectivity index (χ3v) is 3.23. The molecule has 0 unspecified atom stereocenters. The fourth-order valence-electron chi connectivity index (χ4n) is 2.26. The van der Waals surface area contributed by atoms with E-state index < -0.39 is 0 Å². The van der Waals surface area contributed by atoms with Crippen LogP contribution >= 0.6 is 0 Å². The summed E-state index contributed by atoms with van der Waals surface area (Å²) < 4.78 is 0. The lowest BCUT2D eigenvalue weighted by Gasteiger charge is -2.23. The van der Waals surface area contributed by atoms with Crippen LogP contribution in [0, 0.1) is 11.3 Å². The second kappa shape index (κ2) is 4.99. The molecule has 0 N–H and O–H groups in total. The first-order valence-electron chi connectivity index (χ1n) is 6.23. The lowest BCUT2D eigenvalue weighted by Crippen LogP contribution is -2.27. The molecule has 0 radical (unpaired) electrons. The van der Waals surface area contributed by atoms with E-state index >= 15 is 0 Å². The molecule has 0 spiro atoms. The van der Waals surface area contributed by atoms with Gasteiger partial charge in [-0.2, -0.15) is 0 Å². The van der Waals surface area contributed by atoms with Crippen LogP contribution in [0.3, 0.4) is 0 Å². The number of carbonyl (C=O) groups excluding carboxylic acids is 1. The van der Waals surface area contributed by atoms with Crippen LogP contribution in [-0.4, -0.2) is 5.78 Å². The summed E-state index contributed by atoms with van der Waals surface area (Å²) in [6, 6.07) is 0. The molecule has 16 heavy (non-hydrogen) atoms. The summed E-state index contributed by atoms with van der Waals surface area (Å²) >= 11 is 0. The summed E-state index contributed by atoms with van der Waals surface area (Å²) in [6.07, 6.45) is 7.75. The highest BCUT2D eigenvalue weighted by Gasteiger charge is 2.27. The van der Waals surface area contributed by atoms with Crippen LogP contribution < -0.4 is 0 Å². The Hall–Kier alpha value is -0.850. The van der Waals surface area contributed by atoms with Gasteiger partial charge in [0.05, 0.1) is 0 Å². The molecular formula is C15H24O. The molecule has 0 saturated heterocycles. The number of rotatable bonds is 3. The Morgan fingerprint density at radius 2 is 1.88 bits per heavy atom. The Bertz CT molecular complexity index is 326. The SMILES string of the molecule is CC1=CCCC=C1C[C@H](C)C(=O)C(C)(C)C. The van der Waals surface area contributed by atoms with E-state index in [1.165, 1.54) is 11.1 Å². The van der Waals surface area contributed by atoms with Crippen LogP contribution in [-0.2, 0) is 4.79 Å². The van der Waals surface area contributed by atoms with Crippen molar-refractivity contribution in [2.75, 3.05) is 0 Å². The van der Waals surface area contributed by atoms with Crippen molar-refractivity contribution in [2.45, 2.75) is 53.9 Å². The zero-order chi connectivity index (χ0) is 12.3. The second-order valence-corrected chi connectivity index (χ2v) is 5.91. The number of ketones is 1. The molecule has 1 heteroatoms. The monoisotopic (exact) mass is 220 g/mol. The van der Waals surface area contributed by atoms with Gasteiger partial charge in [-0.25, -0.2) is 0 Å². The molecule has 0 saturated carbocycles. The van der Waals surface area contributed by atoms with Gasteiger partial charge in [0, 0.05) is 11.3 Å². The topological polar surface area (TPSA) is 17.1 Å². The predicted octanol–water partition coefficient (Wildman–Crippen LogP) is 4.29. The number of Topliss-reactive ketones (excluding diaryl/α,β-unsaturated/α-hetero) is 1. The Balaban J connectivity index is 2.65. The molecule has 1 aliphatic rings. The molecule has 0 heterocycles. The largest absolute Gasteiger partial charge is 0.299 e. The van der Waals surface area contributed by atoms with Crippen LogP contribution in [0.4, 0.5) is 0 Å². The average Bonchev–Trinajstić information content (AvgIpc) is 2.19. The average molecular weight is 220 g/mol. The molecule has 0 bridgehead atoms. The molecular weight excluding hydrogens is 196 g/mol. The third kappa shape index (κ3) is 3.33. The van der Waals surface area contributed by atoms with Crippen molar-refractivity contribution in [2.24, 2.45) is 11.3 Å². The number of carbonyl (C=O) groups is 1. The summed E-state index contributed by atoms with van der Waals surface area (Å²) in [5.41, 5.74) is 2.52. The van der Waals surface area contributed by atoms with Gasteiger partial charge < -0.3 is 0 Å². The van der Waals surface area contributed by atoms with Crippen LogP contribution in [0.5, 0.6) is 0 Å². The molecule has 1 rings (SSSR count). The first-order chi connectivity index (χ1) is 7.32. The maximum Gasteiger partial charge on any atom is 0.141 e. The molecule has 0 aromatic rings. The fourth-order valence-corrected chi connectivity index (χ4v) is 2.26. The van der Waals surface area contributed by atoms with Gasteiger partial charge in [0.2, 0.25) is 0 Å². The number of allylic oxidation sites excluding steroid dienone is 4. The minimum absolute atomic E-state index is 0.132. The Morgan fingerprint density at radius 3 is 2.38 bits per heavy atom. The summed E-state index contributed by atoms with van der Waals surface area (Å²) in [4.78, 5) is 12.1. The minimum atomic E-state index is -0.216. The van der Waals surface area contributed by atoms with Gasteiger partial charge in [-0.15, -0.1) is 0 Å². The smallest absolute Gasteiger partial charge is 0.141 e. The van der Waals surface area contributed by atoms with Gasteiger partial charge in [0.25, 0.3) is 0 Å². The van der Waals surface area contributed by atoms with E-state index in [1.54, 1.807) is 0 Å². The van der Waals surface area contributed by atoms with Crippen molar-refractivity contribution in [1.82, 2.24) is 0 Å². The van der Waals surface area contributed by atoms with Crippen molar-refractivity contribution < 1.29 is 4.79 Å². The van der Waals surface area contributed by atoms with Gasteiger partial charge in [-0.05, 0) is 31.8 Å². The zero-order valence-corrected chi connectivity index (χ0v) is 11.3. The highest BCUT2D eigenvalue weighted by molar-refractivity contribution is 5.86. The highest BCUT2D eigenvalue weighted by Crippen LogP contribution is 2.28. The lowest BCUT2D eigenvalue weighted by atomic mass is 9.80. The molecule has 0 aromatic carbocycles. The zero-order valence-electron chi connectivity index (χ0n) is 11.3. The first-order valence-corrected chi connectivity index (χ1v) is 6.23. The third-order valence-electron chi connectivity index (χ3n) is 3.23. The van der Waals surface area contributed by atoms with E-state index in [0.717, 1.165) is 19.3 Å². The Labute approximate surface area is 99.6 Å². The van der Waals surface area contributed by atoms with E-state index in [4.69, 9.17) is 0 Å². The second-order valence-electron chi connectivity index (χ2n) is 5.91. The van der Waals surface area contributed by atoms with Crippen LogP contribution in [0.15, 0.2) is 23.3 Å². The Kier molecular flexibility index (Phi) is 4.12. The quantitative estimate of drug-likeness (QED) is 0.693. The highest BCUT2D eigenvalue weighted by atomic mass is 16.1. The molecule has 1 aliphatic carbocycles. The van der Waals surface area contributed by atoms with Gasteiger partial charge >= 0.3 is 0 Å². The summed E-state index contributed by atoms with van der Waals surface area (Å²) in [5.74, 6) is 0.500. The van der Waals surface area contributed by atoms with Crippen molar-refractivity contribution in [1.29, 1.82) is 0 Å². The Morgan fingerprint density at radius 1 is 1.31 bits per heavy atom. The van der Waals surface area contributed by atoms with Crippen LogP contribution in [0.25, 0.3) is 0 Å². The van der Waals surface area contributed by atoms with Gasteiger partial charge in [0.15, 0.2) is 0 Å². The maximum atomic E-state index is 12.1. The predicted molar refractivity (Wildman–Crippen MR) is 69.3 cm³/mol. The lowest BCUT2D eigenvalue weighted by molar-refractivity contribution is -0.129. The van der Waals surface area contributed by atoms with Crippen molar-refractivity contribution >= 4 is 5.78 Å². The van der Waals surface area contributed by atoms with Gasteiger partial charge in [-0.1, -0.05) is 45.4 Å². The normalized spacial score (nSPS) is 18.8. The van der Waals surface area contributed by atoms with E-state index in [1.807, 2.05) is 20.8 Å². The molecule has 0 amide bonds. The summed E-state index contributed by atoms with van der Waals surface area (Å²) in [6.45, 7) is 10.2. The first kappa shape index (κ1) is 13.2. The van der Waals surface area contributed by atoms with Crippen molar-refractivity contribution in [3.63, 3.8) is 0 Å². The van der Waals surface area contributed by atoms with Gasteiger partial charge in [-0.3, -0.25) is 4.79 Å².